The predicted molar refractivity (Wildman–Crippen MR) is 79.5 cm³/mol. The number of ether oxygens (including phenoxy) is 1. The Morgan fingerprint density at radius 3 is 2.55 bits per heavy atom. The number of methoxy groups -OCH3 is 1. The second kappa shape index (κ2) is 8.60. The predicted octanol–water partition coefficient (Wildman–Crippen LogP) is 1.01. The molecule has 1 fully saturated rings. The Kier molecular flexibility index (Phi) is 7.48. The zero-order chi connectivity index (χ0) is 15.1. The Bertz CT molecular complexity index is 291. The number of carbonyl (C=O) groups is 1. The number of rotatable bonds is 7. The number of amides is 1. The summed E-state index contributed by atoms with van der Waals surface area (Å²) in [6.45, 7) is 4.87. The molecule has 1 saturated carbocycles. The van der Waals surface area contributed by atoms with Crippen LogP contribution in [0.3, 0.4) is 0 Å². The van der Waals surface area contributed by atoms with Crippen molar-refractivity contribution in [2.24, 2.45) is 5.92 Å². The van der Waals surface area contributed by atoms with E-state index < -0.39 is 6.10 Å². The number of aliphatic hydroxyl groups excluding tert-OH is 1. The fourth-order valence-corrected chi connectivity index (χ4v) is 2.66. The van der Waals surface area contributed by atoms with Crippen LogP contribution in [0.15, 0.2) is 0 Å². The zero-order valence-corrected chi connectivity index (χ0v) is 13.3. The molecule has 1 rings (SSSR count). The zero-order valence-electron chi connectivity index (χ0n) is 13.3. The number of aliphatic hydroxyl groups is 1. The van der Waals surface area contributed by atoms with Crippen LogP contribution in [0, 0.1) is 5.92 Å². The Labute approximate surface area is 122 Å². The van der Waals surface area contributed by atoms with Crippen LogP contribution in [0.4, 0.5) is 0 Å². The molecule has 0 radical (unpaired) electrons. The van der Waals surface area contributed by atoms with E-state index in [9.17, 15) is 9.90 Å². The molecule has 5 heteroatoms. The van der Waals surface area contributed by atoms with Crippen molar-refractivity contribution in [3.05, 3.63) is 0 Å². The van der Waals surface area contributed by atoms with Gasteiger partial charge in [0.2, 0.25) is 5.91 Å². The van der Waals surface area contributed by atoms with Crippen LogP contribution >= 0.6 is 0 Å². The summed E-state index contributed by atoms with van der Waals surface area (Å²) in [6.07, 6.45) is 3.99. The van der Waals surface area contributed by atoms with Crippen molar-refractivity contribution < 1.29 is 14.6 Å². The average Bonchev–Trinajstić information content (AvgIpc) is 2.40. The lowest BCUT2D eigenvalue weighted by atomic mass is 9.87. The summed E-state index contributed by atoms with van der Waals surface area (Å²) in [6, 6.07) is 0.0827. The second-order valence-electron chi connectivity index (χ2n) is 6.19. The third kappa shape index (κ3) is 5.77. The normalized spacial score (nSPS) is 26.3. The summed E-state index contributed by atoms with van der Waals surface area (Å²) in [5, 5.41) is 12.8. The van der Waals surface area contributed by atoms with Crippen molar-refractivity contribution in [2.45, 2.75) is 57.7 Å². The smallest absolute Gasteiger partial charge is 0.237 e. The molecule has 1 amide bonds. The van der Waals surface area contributed by atoms with Gasteiger partial charge in [-0.25, -0.2) is 0 Å². The van der Waals surface area contributed by atoms with E-state index >= 15 is 0 Å². The van der Waals surface area contributed by atoms with E-state index in [0.29, 0.717) is 19.2 Å². The van der Waals surface area contributed by atoms with Gasteiger partial charge in [0.15, 0.2) is 0 Å². The van der Waals surface area contributed by atoms with Crippen molar-refractivity contribution in [3.63, 3.8) is 0 Å². The minimum absolute atomic E-state index is 0.0525. The lowest BCUT2D eigenvalue weighted by molar-refractivity contribution is -0.127. The summed E-state index contributed by atoms with van der Waals surface area (Å²) >= 11 is 0. The third-order valence-corrected chi connectivity index (χ3v) is 4.26. The summed E-state index contributed by atoms with van der Waals surface area (Å²) in [5.41, 5.74) is 0. The van der Waals surface area contributed by atoms with Gasteiger partial charge in [-0.2, -0.15) is 0 Å². The van der Waals surface area contributed by atoms with E-state index in [1.54, 1.807) is 7.11 Å². The Morgan fingerprint density at radius 2 is 2.00 bits per heavy atom. The highest BCUT2D eigenvalue weighted by molar-refractivity contribution is 5.81. The maximum Gasteiger partial charge on any atom is 0.237 e. The molecule has 0 aromatic rings. The molecule has 0 aromatic carbocycles. The van der Waals surface area contributed by atoms with Crippen LogP contribution < -0.4 is 5.32 Å². The minimum Gasteiger partial charge on any atom is -0.389 e. The molecular weight excluding hydrogens is 256 g/mol. The molecule has 0 bridgehead atoms. The summed E-state index contributed by atoms with van der Waals surface area (Å²) in [7, 11) is 3.41. The first-order chi connectivity index (χ1) is 9.43. The molecule has 20 heavy (non-hydrogen) atoms. The van der Waals surface area contributed by atoms with E-state index in [1.807, 2.05) is 18.9 Å². The van der Waals surface area contributed by atoms with Gasteiger partial charge < -0.3 is 15.2 Å². The molecular formula is C15H30N2O3. The van der Waals surface area contributed by atoms with Gasteiger partial charge in [-0.15, -0.1) is 0 Å². The van der Waals surface area contributed by atoms with Gasteiger partial charge in [0.1, 0.15) is 0 Å². The molecule has 0 aromatic heterocycles. The SMILES string of the molecule is COC[C@H](O)CN(C)[C@H](C)C(=O)NC1CCC(C)CC1. The molecule has 1 aliphatic carbocycles. The van der Waals surface area contributed by atoms with Crippen molar-refractivity contribution in [2.75, 3.05) is 27.3 Å². The number of hydrogen-bond acceptors (Lipinski definition) is 4. The standard InChI is InChI=1S/C15H30N2O3/c1-11-5-7-13(8-6-11)16-15(19)12(2)17(3)9-14(18)10-20-4/h11-14,18H,5-10H2,1-4H3,(H,16,19)/t11?,12-,13?,14-/m1/s1. The average molecular weight is 286 g/mol. The van der Waals surface area contributed by atoms with Crippen molar-refractivity contribution in [1.29, 1.82) is 0 Å². The molecule has 0 saturated heterocycles. The van der Waals surface area contributed by atoms with Gasteiger partial charge in [-0.1, -0.05) is 6.92 Å². The lowest BCUT2D eigenvalue weighted by Crippen LogP contribution is -2.49. The fourth-order valence-electron chi connectivity index (χ4n) is 2.66. The van der Waals surface area contributed by atoms with Crippen LogP contribution in [0.25, 0.3) is 0 Å². The van der Waals surface area contributed by atoms with Crippen LogP contribution in [-0.2, 0) is 9.53 Å². The maximum absolute atomic E-state index is 12.2. The van der Waals surface area contributed by atoms with Gasteiger partial charge in [-0.3, -0.25) is 9.69 Å². The highest BCUT2D eigenvalue weighted by Gasteiger charge is 2.24. The first kappa shape index (κ1) is 17.4. The maximum atomic E-state index is 12.2. The van der Waals surface area contributed by atoms with Gasteiger partial charge in [0, 0.05) is 19.7 Å². The molecule has 0 aliphatic heterocycles. The Balaban J connectivity index is 2.34. The highest BCUT2D eigenvalue weighted by atomic mass is 16.5. The molecule has 0 spiro atoms. The fraction of sp³-hybridized carbons (Fsp3) is 0.933. The number of nitrogens with one attached hydrogen (secondary N) is 1. The number of carbonyl (C=O) groups excluding carboxylic acids is 1. The van der Waals surface area contributed by atoms with Crippen LogP contribution in [0.5, 0.6) is 0 Å². The van der Waals surface area contributed by atoms with Crippen molar-refractivity contribution in [1.82, 2.24) is 10.2 Å². The van der Waals surface area contributed by atoms with Gasteiger partial charge in [0.05, 0.1) is 18.8 Å². The number of hydrogen-bond donors (Lipinski definition) is 2. The topological polar surface area (TPSA) is 61.8 Å². The largest absolute Gasteiger partial charge is 0.389 e. The van der Waals surface area contributed by atoms with E-state index in [1.165, 1.54) is 12.8 Å². The monoisotopic (exact) mass is 286 g/mol. The molecule has 2 atom stereocenters. The van der Waals surface area contributed by atoms with E-state index in [0.717, 1.165) is 18.8 Å². The number of likely N-dealkylation sites (N-methyl/N-ethyl adjacent to an activating group) is 1. The molecule has 5 nitrogen and oxygen atoms in total. The summed E-state index contributed by atoms with van der Waals surface area (Å²) in [4.78, 5) is 14.1. The molecule has 118 valence electrons. The Morgan fingerprint density at radius 1 is 1.40 bits per heavy atom. The summed E-state index contributed by atoms with van der Waals surface area (Å²) in [5.74, 6) is 0.837. The van der Waals surface area contributed by atoms with Crippen molar-refractivity contribution in [3.8, 4) is 0 Å². The van der Waals surface area contributed by atoms with Gasteiger partial charge in [-0.05, 0) is 45.6 Å². The lowest BCUT2D eigenvalue weighted by Gasteiger charge is -2.30. The third-order valence-electron chi connectivity index (χ3n) is 4.26. The molecule has 2 N–H and O–H groups in total. The first-order valence-corrected chi connectivity index (χ1v) is 7.61. The van der Waals surface area contributed by atoms with E-state index in [4.69, 9.17) is 4.74 Å². The van der Waals surface area contributed by atoms with Crippen molar-refractivity contribution >= 4 is 5.91 Å². The first-order valence-electron chi connectivity index (χ1n) is 7.61. The number of nitrogens with zero attached hydrogens (tertiary/aromatic N) is 1. The molecule has 0 unspecified atom stereocenters. The Hall–Kier alpha value is -0.650. The highest BCUT2D eigenvalue weighted by Crippen LogP contribution is 2.23. The van der Waals surface area contributed by atoms with E-state index in [2.05, 4.69) is 12.2 Å². The summed E-state index contributed by atoms with van der Waals surface area (Å²) < 4.78 is 4.90. The van der Waals surface area contributed by atoms with Gasteiger partial charge >= 0.3 is 0 Å². The molecule has 1 aliphatic rings. The second-order valence-corrected chi connectivity index (χ2v) is 6.19. The quantitative estimate of drug-likeness (QED) is 0.733. The van der Waals surface area contributed by atoms with Crippen LogP contribution in [0.1, 0.15) is 39.5 Å². The van der Waals surface area contributed by atoms with E-state index in [-0.39, 0.29) is 11.9 Å². The molecule has 0 heterocycles. The van der Waals surface area contributed by atoms with Crippen LogP contribution in [0.2, 0.25) is 0 Å². The van der Waals surface area contributed by atoms with Crippen LogP contribution in [-0.4, -0.2) is 61.4 Å². The van der Waals surface area contributed by atoms with Gasteiger partial charge in [0.25, 0.3) is 0 Å². The minimum atomic E-state index is -0.559.